The molecule has 1 aromatic carbocycles. The average molecular weight is 376 g/mol. The van der Waals surface area contributed by atoms with Crippen molar-refractivity contribution >= 4 is 17.4 Å². The second kappa shape index (κ2) is 8.98. The highest BCUT2D eigenvalue weighted by Gasteiger charge is 2.38. The van der Waals surface area contributed by atoms with Crippen molar-refractivity contribution < 1.29 is 14.2 Å². The van der Waals surface area contributed by atoms with Crippen LogP contribution in [0, 0.1) is 0 Å². The van der Waals surface area contributed by atoms with Gasteiger partial charge in [-0.05, 0) is 63.4 Å². The predicted molar refractivity (Wildman–Crippen MR) is 107 cm³/mol. The van der Waals surface area contributed by atoms with Gasteiger partial charge in [-0.15, -0.1) is 0 Å². The summed E-state index contributed by atoms with van der Waals surface area (Å²) in [6.07, 6.45) is 8.21. The first-order chi connectivity index (χ1) is 12.5. The van der Waals surface area contributed by atoms with Gasteiger partial charge in [0.05, 0.1) is 6.61 Å². The van der Waals surface area contributed by atoms with Gasteiger partial charge in [0.15, 0.2) is 5.79 Å². The van der Waals surface area contributed by atoms with Crippen molar-refractivity contribution in [3.8, 4) is 0 Å². The lowest BCUT2D eigenvalue weighted by atomic mass is 10.1. The number of ether oxygens (including phenoxy) is 3. The molecule has 0 radical (unpaired) electrons. The summed E-state index contributed by atoms with van der Waals surface area (Å²) in [7, 11) is 0. The molecule has 0 aliphatic carbocycles. The van der Waals surface area contributed by atoms with Crippen LogP contribution in [0.25, 0.3) is 0 Å². The lowest BCUT2D eigenvalue weighted by Gasteiger charge is -2.26. The SMILES string of the molecule is CC1(C)OC[C@H]([C@H](/C=C/CCc2ccccc2)OC(=S)N2CCCC2)O1. The van der Waals surface area contributed by atoms with Crippen LogP contribution in [0.4, 0.5) is 0 Å². The summed E-state index contributed by atoms with van der Waals surface area (Å²) in [5, 5.41) is 0.577. The molecule has 2 heterocycles. The van der Waals surface area contributed by atoms with E-state index in [2.05, 4.69) is 41.3 Å². The minimum Gasteiger partial charge on any atom is -0.460 e. The third-order valence-corrected chi connectivity index (χ3v) is 5.12. The molecular formula is C21H29NO3S. The van der Waals surface area contributed by atoms with Crippen molar-refractivity contribution in [1.29, 1.82) is 0 Å². The molecule has 2 fully saturated rings. The molecule has 1 aromatic rings. The number of rotatable bonds is 6. The summed E-state index contributed by atoms with van der Waals surface area (Å²) in [5.41, 5.74) is 1.34. The molecule has 26 heavy (non-hydrogen) atoms. The van der Waals surface area contributed by atoms with E-state index >= 15 is 0 Å². The van der Waals surface area contributed by atoms with Gasteiger partial charge in [-0.25, -0.2) is 0 Å². The van der Waals surface area contributed by atoms with Crippen LogP contribution in [-0.4, -0.2) is 47.8 Å². The van der Waals surface area contributed by atoms with Crippen LogP contribution in [-0.2, 0) is 20.6 Å². The average Bonchev–Trinajstić information content (AvgIpc) is 3.28. The van der Waals surface area contributed by atoms with Gasteiger partial charge in [0, 0.05) is 13.1 Å². The van der Waals surface area contributed by atoms with Crippen LogP contribution in [0.15, 0.2) is 42.5 Å². The summed E-state index contributed by atoms with van der Waals surface area (Å²) >= 11 is 5.51. The smallest absolute Gasteiger partial charge is 0.259 e. The lowest BCUT2D eigenvalue weighted by molar-refractivity contribution is -0.146. The summed E-state index contributed by atoms with van der Waals surface area (Å²) in [6.45, 7) is 6.35. The van der Waals surface area contributed by atoms with E-state index in [1.165, 1.54) is 18.4 Å². The highest BCUT2D eigenvalue weighted by molar-refractivity contribution is 7.80. The molecule has 4 nitrogen and oxygen atoms in total. The zero-order valence-electron chi connectivity index (χ0n) is 15.7. The summed E-state index contributed by atoms with van der Waals surface area (Å²) in [4.78, 5) is 2.14. The molecule has 0 unspecified atom stereocenters. The van der Waals surface area contributed by atoms with Crippen molar-refractivity contribution in [3.05, 3.63) is 48.0 Å². The largest absolute Gasteiger partial charge is 0.460 e. The van der Waals surface area contributed by atoms with E-state index in [-0.39, 0.29) is 12.2 Å². The quantitative estimate of drug-likeness (QED) is 0.552. The number of nitrogens with zero attached hydrogens (tertiary/aromatic N) is 1. The van der Waals surface area contributed by atoms with Gasteiger partial charge in [-0.2, -0.15) is 0 Å². The summed E-state index contributed by atoms with van der Waals surface area (Å²) in [5.74, 6) is -0.570. The first-order valence-corrected chi connectivity index (χ1v) is 9.92. The molecule has 0 amide bonds. The number of benzene rings is 1. The molecular weight excluding hydrogens is 346 g/mol. The summed E-state index contributed by atoms with van der Waals surface area (Å²) in [6, 6.07) is 10.5. The van der Waals surface area contributed by atoms with Crippen LogP contribution >= 0.6 is 12.2 Å². The van der Waals surface area contributed by atoms with Crippen LogP contribution in [0.5, 0.6) is 0 Å². The lowest BCUT2D eigenvalue weighted by Crippen LogP contribution is -2.38. The maximum atomic E-state index is 6.13. The third-order valence-electron chi connectivity index (χ3n) is 4.77. The molecule has 142 valence electrons. The molecule has 5 heteroatoms. The monoisotopic (exact) mass is 375 g/mol. The molecule has 3 rings (SSSR count). The molecule has 0 spiro atoms. The van der Waals surface area contributed by atoms with Crippen molar-refractivity contribution in [3.63, 3.8) is 0 Å². The number of hydrogen-bond donors (Lipinski definition) is 0. The normalized spacial score (nSPS) is 23.5. The minimum absolute atomic E-state index is 0.140. The Morgan fingerprint density at radius 3 is 2.69 bits per heavy atom. The molecule has 2 aliphatic heterocycles. The highest BCUT2D eigenvalue weighted by Crippen LogP contribution is 2.26. The van der Waals surface area contributed by atoms with E-state index in [4.69, 9.17) is 26.4 Å². The molecule has 0 bridgehead atoms. The number of aryl methyl sites for hydroxylation is 1. The van der Waals surface area contributed by atoms with Crippen LogP contribution in [0.1, 0.15) is 38.7 Å². The molecule has 0 saturated carbocycles. The standard InChI is InChI=1S/C21H29NO3S/c1-21(2)23-16-19(25-21)18(24-20(26)22-14-8-9-15-22)13-7-6-12-17-10-4-3-5-11-17/h3-5,7,10-11,13,18-19H,6,8-9,12,14-16H2,1-2H3/b13-7+/t18-,19+/m0/s1. The molecule has 2 atom stereocenters. The molecule has 0 aromatic heterocycles. The maximum Gasteiger partial charge on any atom is 0.259 e. The molecule has 0 N–H and O–H groups in total. The Labute approximate surface area is 162 Å². The van der Waals surface area contributed by atoms with Gasteiger partial charge < -0.3 is 19.1 Å². The minimum atomic E-state index is -0.570. The van der Waals surface area contributed by atoms with E-state index < -0.39 is 5.79 Å². The molecule has 2 aliphatic rings. The zero-order valence-corrected chi connectivity index (χ0v) is 16.5. The van der Waals surface area contributed by atoms with Crippen molar-refractivity contribution in [2.45, 2.75) is 57.5 Å². The van der Waals surface area contributed by atoms with Crippen molar-refractivity contribution in [2.75, 3.05) is 19.7 Å². The Hall–Kier alpha value is -1.43. The van der Waals surface area contributed by atoms with Gasteiger partial charge >= 0.3 is 0 Å². The van der Waals surface area contributed by atoms with Gasteiger partial charge in [-0.3, -0.25) is 0 Å². The Balaban J connectivity index is 1.58. The summed E-state index contributed by atoms with van der Waals surface area (Å²) < 4.78 is 17.9. The van der Waals surface area contributed by atoms with E-state index in [1.54, 1.807) is 0 Å². The Morgan fingerprint density at radius 2 is 2.04 bits per heavy atom. The van der Waals surface area contributed by atoms with E-state index in [9.17, 15) is 0 Å². The van der Waals surface area contributed by atoms with Gasteiger partial charge in [0.2, 0.25) is 0 Å². The maximum absolute atomic E-state index is 6.13. The van der Waals surface area contributed by atoms with Crippen LogP contribution in [0.3, 0.4) is 0 Å². The topological polar surface area (TPSA) is 30.9 Å². The first-order valence-electron chi connectivity index (χ1n) is 9.51. The van der Waals surface area contributed by atoms with E-state index in [0.717, 1.165) is 25.9 Å². The molecule has 2 saturated heterocycles. The van der Waals surface area contributed by atoms with E-state index in [0.29, 0.717) is 11.8 Å². The highest BCUT2D eigenvalue weighted by atomic mass is 32.1. The Bertz CT molecular complexity index is 611. The Morgan fingerprint density at radius 1 is 1.31 bits per heavy atom. The second-order valence-corrected chi connectivity index (χ2v) is 7.71. The third kappa shape index (κ3) is 5.53. The van der Waals surface area contributed by atoms with Gasteiger partial charge in [-0.1, -0.05) is 36.4 Å². The fourth-order valence-corrected chi connectivity index (χ4v) is 3.63. The van der Waals surface area contributed by atoms with Gasteiger partial charge in [0.1, 0.15) is 12.2 Å². The number of thiocarbonyl (C=S) groups is 1. The fraction of sp³-hybridized carbons (Fsp3) is 0.571. The van der Waals surface area contributed by atoms with Crippen molar-refractivity contribution in [2.24, 2.45) is 0 Å². The second-order valence-electron chi connectivity index (χ2n) is 7.36. The van der Waals surface area contributed by atoms with Crippen LogP contribution in [0.2, 0.25) is 0 Å². The zero-order chi connectivity index (χ0) is 18.4. The number of hydrogen-bond acceptors (Lipinski definition) is 4. The van der Waals surface area contributed by atoms with Crippen LogP contribution < -0.4 is 0 Å². The Kier molecular flexibility index (Phi) is 6.68. The number of allylic oxidation sites excluding steroid dienone is 1. The first kappa shape index (κ1) is 19.3. The number of likely N-dealkylation sites (tertiary alicyclic amines) is 1. The van der Waals surface area contributed by atoms with Crippen molar-refractivity contribution in [1.82, 2.24) is 4.90 Å². The fourth-order valence-electron chi connectivity index (χ4n) is 3.33. The van der Waals surface area contributed by atoms with E-state index in [1.807, 2.05) is 19.9 Å². The van der Waals surface area contributed by atoms with Gasteiger partial charge in [0.25, 0.3) is 5.17 Å². The predicted octanol–water partition coefficient (Wildman–Crippen LogP) is 4.09.